The maximum Gasteiger partial charge on any atom is 0.326 e. The molecule has 6 nitrogen and oxygen atoms in total. The number of carbonyl (C=O) groups excluding carboxylic acids is 3. The van der Waals surface area contributed by atoms with E-state index >= 15 is 0 Å². The molecule has 0 fully saturated rings. The van der Waals surface area contributed by atoms with Gasteiger partial charge in [0, 0.05) is 5.56 Å². The van der Waals surface area contributed by atoms with Crippen LogP contribution in [-0.4, -0.2) is 30.4 Å². The molecule has 0 spiro atoms. The van der Waals surface area contributed by atoms with Gasteiger partial charge in [-0.2, -0.15) is 0 Å². The number of nitrogens with one attached hydrogen (secondary N) is 1. The number of halogens is 2. The van der Waals surface area contributed by atoms with Crippen LogP contribution in [0.5, 0.6) is 0 Å². The van der Waals surface area contributed by atoms with Gasteiger partial charge in [-0.05, 0) is 25.1 Å². The lowest BCUT2D eigenvalue weighted by atomic mass is 10.2. The maximum atomic E-state index is 11.7. The fourth-order valence-corrected chi connectivity index (χ4v) is 1.49. The van der Waals surface area contributed by atoms with Crippen molar-refractivity contribution in [2.75, 3.05) is 6.54 Å². The van der Waals surface area contributed by atoms with Crippen molar-refractivity contribution in [2.45, 2.75) is 13.0 Å². The minimum atomic E-state index is -1.05. The number of primary amides is 1. The van der Waals surface area contributed by atoms with E-state index in [9.17, 15) is 14.4 Å². The number of ether oxygens (including phenoxy) is 1. The summed E-state index contributed by atoms with van der Waals surface area (Å²) in [6, 6.07) is 4.30. The topological polar surface area (TPSA) is 98.5 Å². The van der Waals surface area contributed by atoms with Crippen LogP contribution in [0.15, 0.2) is 18.2 Å². The minimum Gasteiger partial charge on any atom is -0.451 e. The molecule has 1 aromatic rings. The zero-order valence-electron chi connectivity index (χ0n) is 10.5. The molecule has 0 heterocycles. The first kappa shape index (κ1) is 16.3. The van der Waals surface area contributed by atoms with Gasteiger partial charge >= 0.3 is 5.97 Å². The largest absolute Gasteiger partial charge is 0.451 e. The third-order valence-corrected chi connectivity index (χ3v) is 3.02. The van der Waals surface area contributed by atoms with Gasteiger partial charge in [0.05, 0.1) is 10.0 Å². The number of rotatable bonds is 5. The highest BCUT2D eigenvalue weighted by molar-refractivity contribution is 6.42. The van der Waals surface area contributed by atoms with E-state index in [1.807, 2.05) is 0 Å². The van der Waals surface area contributed by atoms with E-state index in [0.717, 1.165) is 0 Å². The monoisotopic (exact) mass is 318 g/mol. The lowest BCUT2D eigenvalue weighted by Gasteiger charge is -2.10. The Kier molecular flexibility index (Phi) is 5.79. The zero-order chi connectivity index (χ0) is 15.3. The molecule has 1 aromatic carbocycles. The summed E-state index contributed by atoms with van der Waals surface area (Å²) in [5.74, 6) is -2.06. The van der Waals surface area contributed by atoms with E-state index in [1.54, 1.807) is 0 Å². The number of esters is 1. The Morgan fingerprint density at radius 3 is 2.50 bits per heavy atom. The van der Waals surface area contributed by atoms with Crippen LogP contribution in [0.1, 0.15) is 17.3 Å². The van der Waals surface area contributed by atoms with E-state index < -0.39 is 30.4 Å². The summed E-state index contributed by atoms with van der Waals surface area (Å²) in [6.45, 7) is 0.942. The van der Waals surface area contributed by atoms with Crippen molar-refractivity contribution in [1.82, 2.24) is 5.32 Å². The number of amides is 2. The van der Waals surface area contributed by atoms with E-state index in [-0.39, 0.29) is 10.6 Å². The molecule has 0 aromatic heterocycles. The van der Waals surface area contributed by atoms with Crippen LogP contribution >= 0.6 is 23.2 Å². The first-order valence-electron chi connectivity index (χ1n) is 5.53. The Morgan fingerprint density at radius 2 is 1.95 bits per heavy atom. The predicted molar refractivity (Wildman–Crippen MR) is 73.5 cm³/mol. The molecule has 0 aliphatic carbocycles. The van der Waals surface area contributed by atoms with Gasteiger partial charge in [-0.1, -0.05) is 23.2 Å². The van der Waals surface area contributed by atoms with Crippen LogP contribution in [0.3, 0.4) is 0 Å². The number of hydrogen-bond acceptors (Lipinski definition) is 4. The molecule has 0 saturated heterocycles. The van der Waals surface area contributed by atoms with Crippen molar-refractivity contribution in [3.05, 3.63) is 33.8 Å². The third kappa shape index (κ3) is 4.71. The molecule has 0 aliphatic rings. The normalized spacial score (nSPS) is 11.6. The Hall–Kier alpha value is -1.79. The fraction of sp³-hybridized carbons (Fsp3) is 0.250. The molecule has 0 aliphatic heterocycles. The molecule has 108 valence electrons. The highest BCUT2D eigenvalue weighted by Gasteiger charge is 2.15. The van der Waals surface area contributed by atoms with Crippen LogP contribution in [0.2, 0.25) is 10.0 Å². The first-order chi connectivity index (χ1) is 9.31. The predicted octanol–water partition coefficient (Wildman–Crippen LogP) is 1.14. The lowest BCUT2D eigenvalue weighted by molar-refractivity contribution is -0.152. The average Bonchev–Trinajstić information content (AvgIpc) is 2.39. The van der Waals surface area contributed by atoms with Crippen LogP contribution in [0, 0.1) is 0 Å². The minimum absolute atomic E-state index is 0.226. The summed E-state index contributed by atoms with van der Waals surface area (Å²) in [4.78, 5) is 33.7. The second-order valence-electron chi connectivity index (χ2n) is 3.85. The Balaban J connectivity index is 2.53. The van der Waals surface area contributed by atoms with Crippen LogP contribution in [0.4, 0.5) is 0 Å². The van der Waals surface area contributed by atoms with E-state index in [2.05, 4.69) is 10.1 Å². The number of carbonyl (C=O) groups is 3. The molecule has 0 saturated carbocycles. The molecule has 20 heavy (non-hydrogen) atoms. The number of nitrogens with two attached hydrogens (primary N) is 1. The summed E-state index contributed by atoms with van der Waals surface area (Å²) >= 11 is 11.5. The second-order valence-corrected chi connectivity index (χ2v) is 4.66. The Bertz CT molecular complexity index is 548. The molecule has 0 unspecified atom stereocenters. The van der Waals surface area contributed by atoms with Crippen molar-refractivity contribution in [3.8, 4) is 0 Å². The maximum absolute atomic E-state index is 11.7. The molecular formula is C12H12Cl2N2O4. The van der Waals surface area contributed by atoms with E-state index in [0.29, 0.717) is 5.02 Å². The molecule has 3 N–H and O–H groups in total. The van der Waals surface area contributed by atoms with Gasteiger partial charge in [0.2, 0.25) is 0 Å². The van der Waals surface area contributed by atoms with Gasteiger partial charge in [-0.25, -0.2) is 0 Å². The highest BCUT2D eigenvalue weighted by atomic mass is 35.5. The van der Waals surface area contributed by atoms with Gasteiger partial charge in [0.1, 0.15) is 6.54 Å². The van der Waals surface area contributed by atoms with Crippen LogP contribution < -0.4 is 11.1 Å². The molecule has 8 heteroatoms. The van der Waals surface area contributed by atoms with Gasteiger partial charge < -0.3 is 15.8 Å². The van der Waals surface area contributed by atoms with Crippen LogP contribution in [-0.2, 0) is 14.3 Å². The average molecular weight is 319 g/mol. The first-order valence-corrected chi connectivity index (χ1v) is 6.29. The summed E-state index contributed by atoms with van der Waals surface area (Å²) in [5, 5.41) is 2.87. The molecule has 1 atom stereocenters. The summed E-state index contributed by atoms with van der Waals surface area (Å²) in [7, 11) is 0. The van der Waals surface area contributed by atoms with Crippen molar-refractivity contribution >= 4 is 41.0 Å². The molecule has 0 radical (unpaired) electrons. The van der Waals surface area contributed by atoms with Crippen molar-refractivity contribution in [1.29, 1.82) is 0 Å². The quantitative estimate of drug-likeness (QED) is 0.795. The van der Waals surface area contributed by atoms with Crippen LogP contribution in [0.25, 0.3) is 0 Å². The van der Waals surface area contributed by atoms with Gasteiger partial charge in [0.25, 0.3) is 11.8 Å². The summed E-state index contributed by atoms with van der Waals surface area (Å²) in [5.41, 5.74) is 5.18. The van der Waals surface area contributed by atoms with E-state index in [1.165, 1.54) is 25.1 Å². The van der Waals surface area contributed by atoms with E-state index in [4.69, 9.17) is 28.9 Å². The van der Waals surface area contributed by atoms with Gasteiger partial charge in [-0.15, -0.1) is 0 Å². The second kappa shape index (κ2) is 7.12. The lowest BCUT2D eigenvalue weighted by Crippen LogP contribution is -2.36. The SMILES string of the molecule is C[C@H](OC(=O)CNC(=O)c1ccc(Cl)c(Cl)c1)C(N)=O. The third-order valence-electron chi connectivity index (χ3n) is 2.28. The highest BCUT2D eigenvalue weighted by Crippen LogP contribution is 2.22. The van der Waals surface area contributed by atoms with Crippen molar-refractivity contribution in [3.63, 3.8) is 0 Å². The zero-order valence-corrected chi connectivity index (χ0v) is 12.0. The number of hydrogen-bond donors (Lipinski definition) is 2. The van der Waals surface area contributed by atoms with Gasteiger partial charge in [-0.3, -0.25) is 14.4 Å². The molecule has 0 bridgehead atoms. The smallest absolute Gasteiger partial charge is 0.326 e. The molecule has 1 rings (SSSR count). The summed E-state index contributed by atoms with van der Waals surface area (Å²) in [6.07, 6.45) is -1.05. The van der Waals surface area contributed by atoms with Crippen molar-refractivity contribution < 1.29 is 19.1 Å². The Labute approximate surface area is 125 Å². The fourth-order valence-electron chi connectivity index (χ4n) is 1.19. The van der Waals surface area contributed by atoms with Crippen molar-refractivity contribution in [2.24, 2.45) is 5.73 Å². The molecule has 2 amide bonds. The van der Waals surface area contributed by atoms with Gasteiger partial charge in [0.15, 0.2) is 6.10 Å². The number of benzene rings is 1. The Morgan fingerprint density at radius 1 is 1.30 bits per heavy atom. The molecular weight excluding hydrogens is 307 g/mol. The standard InChI is InChI=1S/C12H12Cl2N2O4/c1-6(11(15)18)20-10(17)5-16-12(19)7-2-3-8(13)9(14)4-7/h2-4,6H,5H2,1H3,(H2,15,18)(H,16,19)/t6-/m0/s1. The summed E-state index contributed by atoms with van der Waals surface area (Å²) < 4.78 is 4.67.